The zero-order valence-corrected chi connectivity index (χ0v) is 15.7. The van der Waals surface area contributed by atoms with Crippen molar-refractivity contribution in [2.24, 2.45) is 7.05 Å². The van der Waals surface area contributed by atoms with E-state index < -0.39 is 0 Å². The van der Waals surface area contributed by atoms with Crippen molar-refractivity contribution in [2.45, 2.75) is 46.2 Å². The van der Waals surface area contributed by atoms with Gasteiger partial charge in [0.15, 0.2) is 5.82 Å². The Hall–Kier alpha value is -2.21. The molecule has 0 atom stereocenters. The van der Waals surface area contributed by atoms with Crippen LogP contribution in [0.5, 0.6) is 0 Å². The second kappa shape index (κ2) is 9.32. The van der Waals surface area contributed by atoms with E-state index in [0.717, 1.165) is 31.8 Å². The van der Waals surface area contributed by atoms with Crippen LogP contribution in [-0.4, -0.2) is 44.7 Å². The molecule has 1 aromatic carbocycles. The Labute approximate surface area is 150 Å². The average molecular weight is 343 g/mol. The van der Waals surface area contributed by atoms with Crippen LogP contribution in [0, 0.1) is 0 Å². The van der Waals surface area contributed by atoms with E-state index in [1.165, 1.54) is 5.56 Å². The molecule has 1 heterocycles. The molecule has 1 N–H and O–H groups in total. The van der Waals surface area contributed by atoms with E-state index in [1.807, 2.05) is 31.3 Å². The maximum atomic E-state index is 12.2. The summed E-state index contributed by atoms with van der Waals surface area (Å²) in [5, 5.41) is 7.18. The number of nitrogens with one attached hydrogen (secondary N) is 1. The molecular weight excluding hydrogens is 314 g/mol. The number of amides is 1. The van der Waals surface area contributed by atoms with Gasteiger partial charge < -0.3 is 5.32 Å². The molecule has 2 aromatic rings. The van der Waals surface area contributed by atoms with Crippen molar-refractivity contribution in [3.63, 3.8) is 0 Å². The Balaban J connectivity index is 1.77. The molecule has 0 saturated carbocycles. The highest BCUT2D eigenvalue weighted by Crippen LogP contribution is 2.10. The molecule has 25 heavy (non-hydrogen) atoms. The largest absolute Gasteiger partial charge is 0.352 e. The summed E-state index contributed by atoms with van der Waals surface area (Å²) < 4.78 is 1.69. The van der Waals surface area contributed by atoms with Gasteiger partial charge in [-0.2, -0.15) is 5.10 Å². The van der Waals surface area contributed by atoms with Crippen LogP contribution >= 0.6 is 0 Å². The molecule has 1 aromatic heterocycles. The van der Waals surface area contributed by atoms with Crippen molar-refractivity contribution < 1.29 is 4.79 Å². The summed E-state index contributed by atoms with van der Waals surface area (Å²) in [7, 11) is 1.85. The molecule has 0 aliphatic carbocycles. The van der Waals surface area contributed by atoms with Gasteiger partial charge in [-0.3, -0.25) is 14.4 Å². The van der Waals surface area contributed by atoms with E-state index in [9.17, 15) is 4.79 Å². The molecule has 0 saturated heterocycles. The van der Waals surface area contributed by atoms with Gasteiger partial charge in [-0.05, 0) is 44.5 Å². The Morgan fingerprint density at radius 3 is 2.56 bits per heavy atom. The number of carbonyl (C=O) groups is 1. The van der Waals surface area contributed by atoms with Crippen LogP contribution in [0.15, 0.2) is 30.6 Å². The molecular formula is C19H29N5O. The third-order valence-corrected chi connectivity index (χ3v) is 4.25. The number of aromatic nitrogens is 3. The fraction of sp³-hybridized carbons (Fsp3) is 0.526. The van der Waals surface area contributed by atoms with Crippen LogP contribution in [-0.2, 0) is 20.0 Å². The number of hydrogen-bond donors (Lipinski definition) is 1. The van der Waals surface area contributed by atoms with Gasteiger partial charge in [0.2, 0.25) is 0 Å². The van der Waals surface area contributed by atoms with Crippen molar-refractivity contribution >= 4 is 5.91 Å². The van der Waals surface area contributed by atoms with Gasteiger partial charge in [-0.25, -0.2) is 4.98 Å². The molecule has 6 nitrogen and oxygen atoms in total. The van der Waals surface area contributed by atoms with Crippen LogP contribution in [0.4, 0.5) is 0 Å². The van der Waals surface area contributed by atoms with Crippen LogP contribution in [0.25, 0.3) is 0 Å². The van der Waals surface area contributed by atoms with Gasteiger partial charge in [0.1, 0.15) is 6.33 Å². The minimum Gasteiger partial charge on any atom is -0.352 e. The lowest BCUT2D eigenvalue weighted by Crippen LogP contribution is -2.30. The number of rotatable bonds is 9. The maximum Gasteiger partial charge on any atom is 0.251 e. The molecule has 6 heteroatoms. The van der Waals surface area contributed by atoms with Crippen LogP contribution in [0.3, 0.4) is 0 Å². The average Bonchev–Trinajstić information content (AvgIpc) is 3.02. The predicted molar refractivity (Wildman–Crippen MR) is 99.3 cm³/mol. The third-order valence-electron chi connectivity index (χ3n) is 4.25. The van der Waals surface area contributed by atoms with Gasteiger partial charge in [-0.1, -0.05) is 19.1 Å². The first-order valence-corrected chi connectivity index (χ1v) is 8.95. The molecule has 0 aliphatic rings. The highest BCUT2D eigenvalue weighted by Gasteiger charge is 2.09. The Morgan fingerprint density at radius 2 is 2.00 bits per heavy atom. The van der Waals surface area contributed by atoms with Crippen molar-refractivity contribution in [2.75, 3.05) is 13.1 Å². The van der Waals surface area contributed by atoms with E-state index >= 15 is 0 Å². The zero-order valence-electron chi connectivity index (χ0n) is 15.7. The summed E-state index contributed by atoms with van der Waals surface area (Å²) in [4.78, 5) is 18.8. The first-order valence-electron chi connectivity index (χ1n) is 8.95. The molecule has 0 spiro atoms. The fourth-order valence-corrected chi connectivity index (χ4v) is 2.70. The predicted octanol–water partition coefficient (Wildman–Crippen LogP) is 2.41. The van der Waals surface area contributed by atoms with Crippen molar-refractivity contribution in [3.8, 4) is 0 Å². The number of hydrogen-bond acceptors (Lipinski definition) is 4. The van der Waals surface area contributed by atoms with Crippen molar-refractivity contribution in [1.29, 1.82) is 0 Å². The molecule has 0 aliphatic heterocycles. The summed E-state index contributed by atoms with van der Waals surface area (Å²) in [5.41, 5.74) is 1.93. The SMILES string of the molecule is CCN(Cc1ccc(C(=O)NCCCc2ncn(C)n2)cc1)C(C)C. The summed E-state index contributed by atoms with van der Waals surface area (Å²) >= 11 is 0. The lowest BCUT2D eigenvalue weighted by Gasteiger charge is -2.24. The van der Waals surface area contributed by atoms with E-state index in [4.69, 9.17) is 0 Å². The summed E-state index contributed by atoms with van der Waals surface area (Å²) in [5.74, 6) is 0.781. The number of carbonyl (C=O) groups excluding carboxylic acids is 1. The summed E-state index contributed by atoms with van der Waals surface area (Å²) in [6.45, 7) is 9.12. The highest BCUT2D eigenvalue weighted by molar-refractivity contribution is 5.94. The van der Waals surface area contributed by atoms with Gasteiger partial charge in [0, 0.05) is 38.2 Å². The second-order valence-corrected chi connectivity index (χ2v) is 6.55. The van der Waals surface area contributed by atoms with E-state index in [2.05, 4.69) is 41.1 Å². The van der Waals surface area contributed by atoms with E-state index in [1.54, 1.807) is 11.0 Å². The summed E-state index contributed by atoms with van der Waals surface area (Å²) in [6.07, 6.45) is 3.28. The number of aryl methyl sites for hydroxylation is 2. The number of benzene rings is 1. The first-order chi connectivity index (χ1) is 12.0. The standard InChI is InChI=1S/C19H29N5O/c1-5-24(15(2)3)13-16-8-10-17(11-9-16)19(25)20-12-6-7-18-21-14-23(4)22-18/h8-11,14-15H,5-7,12-13H2,1-4H3,(H,20,25). The van der Waals surface area contributed by atoms with Gasteiger partial charge in [0.25, 0.3) is 5.91 Å². The lowest BCUT2D eigenvalue weighted by molar-refractivity contribution is 0.0953. The molecule has 0 fully saturated rings. The minimum atomic E-state index is -0.0308. The van der Waals surface area contributed by atoms with Gasteiger partial charge in [-0.15, -0.1) is 0 Å². The topological polar surface area (TPSA) is 63.1 Å². The maximum absolute atomic E-state index is 12.2. The first kappa shape index (κ1) is 19.1. The second-order valence-electron chi connectivity index (χ2n) is 6.55. The Kier molecular flexibility index (Phi) is 7.13. The monoisotopic (exact) mass is 343 g/mol. The third kappa shape index (κ3) is 5.98. The highest BCUT2D eigenvalue weighted by atomic mass is 16.1. The molecule has 2 rings (SSSR count). The fourth-order valence-electron chi connectivity index (χ4n) is 2.70. The molecule has 136 valence electrons. The molecule has 0 bridgehead atoms. The van der Waals surface area contributed by atoms with Gasteiger partial charge in [0.05, 0.1) is 0 Å². The molecule has 1 amide bonds. The molecule has 0 radical (unpaired) electrons. The van der Waals surface area contributed by atoms with Crippen LogP contribution in [0.1, 0.15) is 48.9 Å². The van der Waals surface area contributed by atoms with Crippen LogP contribution in [0.2, 0.25) is 0 Å². The van der Waals surface area contributed by atoms with Crippen LogP contribution < -0.4 is 5.32 Å². The van der Waals surface area contributed by atoms with Gasteiger partial charge >= 0.3 is 0 Å². The van der Waals surface area contributed by atoms with E-state index in [-0.39, 0.29) is 5.91 Å². The minimum absolute atomic E-state index is 0.0308. The Morgan fingerprint density at radius 1 is 1.28 bits per heavy atom. The smallest absolute Gasteiger partial charge is 0.251 e. The van der Waals surface area contributed by atoms with E-state index in [0.29, 0.717) is 18.2 Å². The molecule has 0 unspecified atom stereocenters. The summed E-state index contributed by atoms with van der Waals surface area (Å²) in [6, 6.07) is 8.40. The quantitative estimate of drug-likeness (QED) is 0.710. The zero-order chi connectivity index (χ0) is 18.2. The number of nitrogens with zero attached hydrogens (tertiary/aromatic N) is 4. The Bertz CT molecular complexity index is 663. The van der Waals surface area contributed by atoms with Crippen molar-refractivity contribution in [1.82, 2.24) is 25.0 Å². The lowest BCUT2D eigenvalue weighted by atomic mass is 10.1. The van der Waals surface area contributed by atoms with Crippen molar-refractivity contribution in [3.05, 3.63) is 47.5 Å². The normalized spacial score (nSPS) is 11.3.